The maximum atomic E-state index is 12.2. The van der Waals surface area contributed by atoms with Gasteiger partial charge in [0, 0.05) is 5.69 Å². The predicted molar refractivity (Wildman–Crippen MR) is 97.9 cm³/mol. The van der Waals surface area contributed by atoms with Gasteiger partial charge in [0.1, 0.15) is 5.82 Å². The number of aromatic nitrogens is 2. The first-order valence-electron chi connectivity index (χ1n) is 8.02. The number of ether oxygens (including phenoxy) is 1. The molecule has 1 amide bonds. The number of benzene rings is 2. The normalized spacial score (nSPS) is 10.3. The molecule has 0 fully saturated rings. The number of esters is 1. The quantitative estimate of drug-likeness (QED) is 0.567. The number of rotatable bonds is 5. The van der Waals surface area contributed by atoms with Gasteiger partial charge in [0.25, 0.3) is 5.91 Å². The summed E-state index contributed by atoms with van der Waals surface area (Å²) in [6, 6.07) is 15.0. The van der Waals surface area contributed by atoms with Crippen molar-refractivity contribution in [3.63, 3.8) is 0 Å². The van der Waals surface area contributed by atoms with Crippen LogP contribution in [0.25, 0.3) is 16.7 Å². The van der Waals surface area contributed by atoms with Crippen LogP contribution in [0.5, 0.6) is 0 Å². The zero-order valence-corrected chi connectivity index (χ0v) is 14.2. The van der Waals surface area contributed by atoms with E-state index in [-0.39, 0.29) is 13.2 Å². The summed E-state index contributed by atoms with van der Waals surface area (Å²) in [5.41, 5.74) is 2.89. The number of terminal acetylenes is 1. The smallest absolute Gasteiger partial charge is 0.338 e. The summed E-state index contributed by atoms with van der Waals surface area (Å²) in [5, 5.41) is 2.43. The SMILES string of the molecule is C#CCNC(=O)COC(=O)c1ccc2c(c1)nc(C)n2-c1ccccc1. The van der Waals surface area contributed by atoms with Crippen LogP contribution in [0.15, 0.2) is 48.5 Å². The topological polar surface area (TPSA) is 73.2 Å². The number of carbonyl (C=O) groups excluding carboxylic acids is 2. The number of hydrogen-bond acceptors (Lipinski definition) is 4. The Morgan fingerprint density at radius 2 is 2.00 bits per heavy atom. The third-order valence-electron chi connectivity index (χ3n) is 3.79. The van der Waals surface area contributed by atoms with Gasteiger partial charge in [-0.25, -0.2) is 9.78 Å². The Kier molecular flexibility index (Phi) is 4.99. The van der Waals surface area contributed by atoms with E-state index in [9.17, 15) is 9.59 Å². The van der Waals surface area contributed by atoms with Crippen LogP contribution in [0.1, 0.15) is 16.2 Å². The van der Waals surface area contributed by atoms with E-state index >= 15 is 0 Å². The van der Waals surface area contributed by atoms with Gasteiger partial charge in [-0.15, -0.1) is 6.42 Å². The highest BCUT2D eigenvalue weighted by molar-refractivity contribution is 5.95. The van der Waals surface area contributed by atoms with Crippen molar-refractivity contribution in [1.29, 1.82) is 0 Å². The largest absolute Gasteiger partial charge is 0.452 e. The lowest BCUT2D eigenvalue weighted by Crippen LogP contribution is -2.28. The lowest BCUT2D eigenvalue weighted by molar-refractivity contribution is -0.123. The molecule has 130 valence electrons. The van der Waals surface area contributed by atoms with Gasteiger partial charge in [0.05, 0.1) is 23.1 Å². The summed E-state index contributed by atoms with van der Waals surface area (Å²) < 4.78 is 7.01. The summed E-state index contributed by atoms with van der Waals surface area (Å²) in [4.78, 5) is 28.1. The van der Waals surface area contributed by atoms with Crippen LogP contribution in [0, 0.1) is 19.3 Å². The molecule has 0 radical (unpaired) electrons. The molecule has 0 aliphatic rings. The van der Waals surface area contributed by atoms with Crippen molar-refractivity contribution in [3.8, 4) is 18.0 Å². The molecule has 0 saturated carbocycles. The molecule has 3 rings (SSSR count). The number of carbonyl (C=O) groups is 2. The van der Waals surface area contributed by atoms with Crippen LogP contribution in [0.2, 0.25) is 0 Å². The molecule has 2 aromatic carbocycles. The highest BCUT2D eigenvalue weighted by Crippen LogP contribution is 2.22. The number of para-hydroxylation sites is 1. The van der Waals surface area contributed by atoms with Crippen LogP contribution in [-0.2, 0) is 9.53 Å². The second kappa shape index (κ2) is 7.53. The van der Waals surface area contributed by atoms with Crippen molar-refractivity contribution < 1.29 is 14.3 Å². The van der Waals surface area contributed by atoms with Crippen molar-refractivity contribution in [2.45, 2.75) is 6.92 Å². The first-order chi connectivity index (χ1) is 12.6. The third kappa shape index (κ3) is 3.57. The summed E-state index contributed by atoms with van der Waals surface area (Å²) >= 11 is 0. The number of aryl methyl sites for hydroxylation is 1. The van der Waals surface area contributed by atoms with Gasteiger partial charge in [-0.1, -0.05) is 24.1 Å². The first kappa shape index (κ1) is 17.2. The fourth-order valence-electron chi connectivity index (χ4n) is 2.65. The van der Waals surface area contributed by atoms with Gasteiger partial charge in [-0.3, -0.25) is 9.36 Å². The molecule has 0 spiro atoms. The maximum Gasteiger partial charge on any atom is 0.338 e. The molecule has 0 aliphatic carbocycles. The molecule has 1 N–H and O–H groups in total. The molecule has 0 unspecified atom stereocenters. The minimum Gasteiger partial charge on any atom is -0.452 e. The Bertz CT molecular complexity index is 1000. The second-order valence-electron chi connectivity index (χ2n) is 5.59. The average molecular weight is 347 g/mol. The van der Waals surface area contributed by atoms with E-state index < -0.39 is 11.9 Å². The lowest BCUT2D eigenvalue weighted by atomic mass is 10.2. The molecule has 0 saturated heterocycles. The second-order valence-corrected chi connectivity index (χ2v) is 5.59. The highest BCUT2D eigenvalue weighted by atomic mass is 16.5. The van der Waals surface area contributed by atoms with Gasteiger partial charge in [-0.05, 0) is 37.3 Å². The van der Waals surface area contributed by atoms with E-state index in [1.165, 1.54) is 0 Å². The zero-order chi connectivity index (χ0) is 18.5. The van der Waals surface area contributed by atoms with Crippen LogP contribution in [-0.4, -0.2) is 34.6 Å². The minimum atomic E-state index is -0.588. The molecule has 6 heteroatoms. The molecule has 0 aliphatic heterocycles. The number of amides is 1. The van der Waals surface area contributed by atoms with E-state index in [4.69, 9.17) is 11.2 Å². The molecule has 1 aromatic heterocycles. The van der Waals surface area contributed by atoms with E-state index in [2.05, 4.69) is 16.2 Å². The number of nitrogens with zero attached hydrogens (tertiary/aromatic N) is 2. The Morgan fingerprint density at radius 3 is 2.73 bits per heavy atom. The van der Waals surface area contributed by atoms with Gasteiger partial charge in [0.2, 0.25) is 0 Å². The van der Waals surface area contributed by atoms with Crippen molar-refractivity contribution in [1.82, 2.24) is 14.9 Å². The highest BCUT2D eigenvalue weighted by Gasteiger charge is 2.14. The molecule has 6 nitrogen and oxygen atoms in total. The van der Waals surface area contributed by atoms with Crippen molar-refractivity contribution in [3.05, 3.63) is 59.9 Å². The number of fused-ring (bicyclic) bond motifs is 1. The Labute approximate surface area is 150 Å². The monoisotopic (exact) mass is 347 g/mol. The van der Waals surface area contributed by atoms with E-state index in [0.717, 1.165) is 17.0 Å². The molecule has 1 heterocycles. The van der Waals surface area contributed by atoms with Gasteiger partial charge >= 0.3 is 5.97 Å². The fraction of sp³-hybridized carbons (Fsp3) is 0.150. The molecular formula is C20H17N3O3. The van der Waals surface area contributed by atoms with E-state index in [1.807, 2.05) is 47.9 Å². The van der Waals surface area contributed by atoms with Crippen molar-refractivity contribution in [2.75, 3.05) is 13.2 Å². The molecule has 26 heavy (non-hydrogen) atoms. The molecule has 3 aromatic rings. The molecule has 0 bridgehead atoms. The lowest BCUT2D eigenvalue weighted by Gasteiger charge is -2.07. The van der Waals surface area contributed by atoms with Crippen LogP contribution in [0.4, 0.5) is 0 Å². The number of nitrogens with one attached hydrogen (secondary N) is 1. The van der Waals surface area contributed by atoms with Crippen molar-refractivity contribution >= 4 is 22.9 Å². The summed E-state index contributed by atoms with van der Waals surface area (Å²) in [7, 11) is 0. The van der Waals surface area contributed by atoms with Crippen LogP contribution < -0.4 is 5.32 Å². The number of hydrogen-bond donors (Lipinski definition) is 1. The zero-order valence-electron chi connectivity index (χ0n) is 14.2. The van der Waals surface area contributed by atoms with E-state index in [1.54, 1.807) is 12.1 Å². The Hall–Kier alpha value is -3.59. The van der Waals surface area contributed by atoms with Crippen molar-refractivity contribution in [2.24, 2.45) is 0 Å². The van der Waals surface area contributed by atoms with Crippen LogP contribution >= 0.6 is 0 Å². The standard InChI is InChI=1S/C20H17N3O3/c1-3-11-21-19(24)13-26-20(25)15-9-10-18-17(12-15)22-14(2)23(18)16-7-5-4-6-8-16/h1,4-10,12H,11,13H2,2H3,(H,21,24). The van der Waals surface area contributed by atoms with E-state index in [0.29, 0.717) is 11.1 Å². The molecule has 0 atom stereocenters. The third-order valence-corrected chi connectivity index (χ3v) is 3.79. The number of imidazole rings is 1. The minimum absolute atomic E-state index is 0.0958. The summed E-state index contributed by atoms with van der Waals surface area (Å²) in [6.45, 7) is 1.62. The van der Waals surface area contributed by atoms with Crippen LogP contribution in [0.3, 0.4) is 0 Å². The fourth-order valence-corrected chi connectivity index (χ4v) is 2.65. The van der Waals surface area contributed by atoms with Gasteiger partial charge in [0.15, 0.2) is 6.61 Å². The van der Waals surface area contributed by atoms with Gasteiger partial charge < -0.3 is 10.1 Å². The Balaban J connectivity index is 1.81. The van der Waals surface area contributed by atoms with Gasteiger partial charge in [-0.2, -0.15) is 0 Å². The predicted octanol–water partition coefficient (Wildman–Crippen LogP) is 2.24. The average Bonchev–Trinajstić information content (AvgIpc) is 2.99. The Morgan fingerprint density at radius 1 is 1.23 bits per heavy atom. The first-order valence-corrected chi connectivity index (χ1v) is 8.02. The summed E-state index contributed by atoms with van der Waals surface area (Å²) in [6.07, 6.45) is 5.05. The maximum absolute atomic E-state index is 12.2. The molecular weight excluding hydrogens is 330 g/mol. The summed E-state index contributed by atoms with van der Waals surface area (Å²) in [5.74, 6) is 2.06.